The van der Waals surface area contributed by atoms with Crippen LogP contribution in [-0.2, 0) is 0 Å². The number of carbonyl (C=O) groups excluding carboxylic acids is 1. The number of amides is 1. The molecule has 2 aromatic rings. The molecule has 0 unspecified atom stereocenters. The van der Waals surface area contributed by atoms with Gasteiger partial charge in [0.1, 0.15) is 0 Å². The number of benzene rings is 2. The van der Waals surface area contributed by atoms with Crippen molar-refractivity contribution in [2.75, 3.05) is 0 Å². The monoisotopic (exact) mass is 277 g/mol. The zero-order valence-corrected chi connectivity index (χ0v) is 12.0. The van der Waals surface area contributed by atoms with E-state index in [4.69, 9.17) is 0 Å². The summed E-state index contributed by atoms with van der Waals surface area (Å²) in [5, 5.41) is 0. The van der Waals surface area contributed by atoms with Crippen molar-refractivity contribution in [1.82, 2.24) is 4.90 Å². The maximum absolute atomic E-state index is 12.8. The van der Waals surface area contributed by atoms with Crippen LogP contribution in [0.4, 0.5) is 0 Å². The first-order chi connectivity index (χ1) is 10.3. The van der Waals surface area contributed by atoms with Gasteiger partial charge in [0.2, 0.25) is 0 Å². The summed E-state index contributed by atoms with van der Waals surface area (Å²) in [7, 11) is 0. The molecule has 106 valence electrons. The minimum atomic E-state index is 0.210. The smallest absolute Gasteiger partial charge is 0.254 e. The van der Waals surface area contributed by atoms with Crippen LogP contribution in [0.1, 0.15) is 41.1 Å². The van der Waals surface area contributed by atoms with Crippen LogP contribution in [0.2, 0.25) is 0 Å². The van der Waals surface area contributed by atoms with Crippen LogP contribution < -0.4 is 0 Å². The van der Waals surface area contributed by atoms with Gasteiger partial charge in [0.15, 0.2) is 0 Å². The lowest BCUT2D eigenvalue weighted by atomic mass is 9.84. The van der Waals surface area contributed by atoms with Crippen LogP contribution in [0.3, 0.4) is 0 Å². The largest absolute Gasteiger partial charge is 0.332 e. The van der Waals surface area contributed by atoms with Gasteiger partial charge in [-0.3, -0.25) is 4.79 Å². The second kappa shape index (κ2) is 5.03. The fourth-order valence-electron chi connectivity index (χ4n) is 4.09. The Labute approximate surface area is 125 Å². The molecule has 0 N–H and O–H groups in total. The van der Waals surface area contributed by atoms with E-state index in [-0.39, 0.29) is 5.91 Å². The van der Waals surface area contributed by atoms with E-state index in [1.165, 1.54) is 5.56 Å². The molecule has 3 atom stereocenters. The summed E-state index contributed by atoms with van der Waals surface area (Å²) in [6.07, 6.45) is 3.42. The molecule has 2 heterocycles. The van der Waals surface area contributed by atoms with Gasteiger partial charge in [0, 0.05) is 23.6 Å². The average Bonchev–Trinajstić information content (AvgIpc) is 3.14. The molecular formula is C19H19NO. The highest BCUT2D eigenvalue weighted by Crippen LogP contribution is 2.47. The molecule has 21 heavy (non-hydrogen) atoms. The lowest BCUT2D eigenvalue weighted by Crippen LogP contribution is -2.36. The third-order valence-electron chi connectivity index (χ3n) is 5.02. The van der Waals surface area contributed by atoms with Crippen LogP contribution in [-0.4, -0.2) is 22.9 Å². The van der Waals surface area contributed by atoms with Gasteiger partial charge in [-0.1, -0.05) is 48.5 Å². The molecule has 2 heteroatoms. The Balaban J connectivity index is 1.62. The maximum Gasteiger partial charge on any atom is 0.254 e. The fraction of sp³-hybridized carbons (Fsp3) is 0.316. The summed E-state index contributed by atoms with van der Waals surface area (Å²) in [6, 6.07) is 21.2. The van der Waals surface area contributed by atoms with Crippen LogP contribution in [0.5, 0.6) is 0 Å². The van der Waals surface area contributed by atoms with E-state index in [9.17, 15) is 4.79 Å². The second-order valence-corrected chi connectivity index (χ2v) is 6.13. The van der Waals surface area contributed by atoms with E-state index in [0.717, 1.165) is 24.8 Å². The van der Waals surface area contributed by atoms with E-state index in [0.29, 0.717) is 18.0 Å². The second-order valence-electron chi connectivity index (χ2n) is 6.13. The molecule has 2 saturated heterocycles. The third-order valence-corrected chi connectivity index (χ3v) is 5.02. The third kappa shape index (κ3) is 2.06. The molecular weight excluding hydrogens is 258 g/mol. The van der Waals surface area contributed by atoms with Gasteiger partial charge in [-0.25, -0.2) is 0 Å². The van der Waals surface area contributed by atoms with E-state index in [1.807, 2.05) is 30.3 Å². The Morgan fingerprint density at radius 1 is 0.905 bits per heavy atom. The summed E-state index contributed by atoms with van der Waals surface area (Å²) in [5.74, 6) is 0.721. The summed E-state index contributed by atoms with van der Waals surface area (Å²) in [5.41, 5.74) is 2.21. The Bertz CT molecular complexity index is 637. The minimum Gasteiger partial charge on any atom is -0.332 e. The molecule has 2 aliphatic rings. The quantitative estimate of drug-likeness (QED) is 0.816. The summed E-state index contributed by atoms with van der Waals surface area (Å²) in [4.78, 5) is 15.0. The number of rotatable bonds is 2. The van der Waals surface area contributed by atoms with Crippen molar-refractivity contribution in [3.63, 3.8) is 0 Å². The van der Waals surface area contributed by atoms with Crippen molar-refractivity contribution in [2.24, 2.45) is 0 Å². The molecule has 2 fully saturated rings. The summed E-state index contributed by atoms with van der Waals surface area (Å²) < 4.78 is 0. The molecule has 1 amide bonds. The number of hydrogen-bond acceptors (Lipinski definition) is 1. The Morgan fingerprint density at radius 2 is 1.57 bits per heavy atom. The molecule has 4 rings (SSSR count). The molecule has 0 aromatic heterocycles. The highest BCUT2D eigenvalue weighted by atomic mass is 16.2. The number of nitrogens with zero attached hydrogens (tertiary/aromatic N) is 1. The Hall–Kier alpha value is -2.09. The normalized spacial score (nSPS) is 27.0. The van der Waals surface area contributed by atoms with E-state index in [2.05, 4.69) is 35.2 Å². The highest BCUT2D eigenvalue weighted by Gasteiger charge is 2.48. The summed E-state index contributed by atoms with van der Waals surface area (Å²) >= 11 is 0. The van der Waals surface area contributed by atoms with Crippen LogP contribution >= 0.6 is 0 Å². The van der Waals surface area contributed by atoms with Crippen LogP contribution in [0, 0.1) is 0 Å². The van der Waals surface area contributed by atoms with E-state index >= 15 is 0 Å². The molecule has 2 aliphatic heterocycles. The Kier molecular flexibility index (Phi) is 3.03. The first-order valence-electron chi connectivity index (χ1n) is 7.77. The Morgan fingerprint density at radius 3 is 2.29 bits per heavy atom. The van der Waals surface area contributed by atoms with E-state index in [1.54, 1.807) is 0 Å². The van der Waals surface area contributed by atoms with Gasteiger partial charge in [0.05, 0.1) is 0 Å². The fourth-order valence-corrected chi connectivity index (χ4v) is 4.09. The molecule has 2 bridgehead atoms. The van der Waals surface area contributed by atoms with Crippen molar-refractivity contribution >= 4 is 5.91 Å². The van der Waals surface area contributed by atoms with Crippen LogP contribution in [0.25, 0.3) is 0 Å². The summed E-state index contributed by atoms with van der Waals surface area (Å²) in [6.45, 7) is 0. The first kappa shape index (κ1) is 12.6. The molecule has 0 aliphatic carbocycles. The zero-order valence-electron chi connectivity index (χ0n) is 12.0. The number of carbonyl (C=O) groups is 1. The number of hydrogen-bond donors (Lipinski definition) is 0. The van der Waals surface area contributed by atoms with Gasteiger partial charge >= 0.3 is 0 Å². The number of fused-ring (bicyclic) bond motifs is 2. The standard InChI is InChI=1S/C19H19NO/c21-19(15-9-5-2-6-10-15)20-16-11-12-18(20)17(13-16)14-7-3-1-4-8-14/h1-10,16-18H,11-13H2/t16-,17+,18+/m1/s1. The maximum atomic E-state index is 12.8. The van der Waals surface area contributed by atoms with Gasteiger partial charge < -0.3 is 4.90 Å². The van der Waals surface area contributed by atoms with Crippen molar-refractivity contribution < 1.29 is 4.79 Å². The predicted molar refractivity (Wildman–Crippen MR) is 83.2 cm³/mol. The molecule has 0 saturated carbocycles. The van der Waals surface area contributed by atoms with Crippen molar-refractivity contribution in [2.45, 2.75) is 37.3 Å². The van der Waals surface area contributed by atoms with Gasteiger partial charge in [-0.2, -0.15) is 0 Å². The van der Waals surface area contributed by atoms with E-state index < -0.39 is 0 Å². The van der Waals surface area contributed by atoms with Crippen molar-refractivity contribution in [3.05, 3.63) is 71.8 Å². The highest BCUT2D eigenvalue weighted by molar-refractivity contribution is 5.95. The lowest BCUT2D eigenvalue weighted by Gasteiger charge is -2.25. The average molecular weight is 277 g/mol. The van der Waals surface area contributed by atoms with Gasteiger partial charge in [0.25, 0.3) is 5.91 Å². The molecule has 0 spiro atoms. The van der Waals surface area contributed by atoms with Gasteiger partial charge in [-0.05, 0) is 37.0 Å². The van der Waals surface area contributed by atoms with Crippen LogP contribution in [0.15, 0.2) is 60.7 Å². The topological polar surface area (TPSA) is 20.3 Å². The van der Waals surface area contributed by atoms with Crippen molar-refractivity contribution in [1.29, 1.82) is 0 Å². The SMILES string of the molecule is O=C(c1ccccc1)N1[C@@H]2CC[C@H]1[C@H](c1ccccc1)C2. The first-order valence-corrected chi connectivity index (χ1v) is 7.77. The molecule has 2 aromatic carbocycles. The lowest BCUT2D eigenvalue weighted by molar-refractivity contribution is 0.0726. The molecule has 2 nitrogen and oxygen atoms in total. The molecule has 0 radical (unpaired) electrons. The van der Waals surface area contributed by atoms with Gasteiger partial charge in [-0.15, -0.1) is 0 Å². The van der Waals surface area contributed by atoms with Crippen molar-refractivity contribution in [3.8, 4) is 0 Å². The predicted octanol–water partition coefficient (Wildman–Crippen LogP) is 3.85. The minimum absolute atomic E-state index is 0.210. The zero-order chi connectivity index (χ0) is 14.2.